The molecule has 4 heteroatoms. The molecule has 0 bridgehead atoms. The number of aromatic nitrogens is 3. The van der Waals surface area contributed by atoms with Gasteiger partial charge in [0.05, 0.1) is 5.69 Å². The fraction of sp³-hybridized carbons (Fsp3) is 0.400. The maximum Gasteiger partial charge on any atom is 0.278 e. The van der Waals surface area contributed by atoms with Crippen molar-refractivity contribution >= 4 is 5.91 Å². The predicted molar refractivity (Wildman–Crippen MR) is 74.3 cm³/mol. The molecule has 0 aliphatic heterocycles. The zero-order valence-electron chi connectivity index (χ0n) is 11.7. The van der Waals surface area contributed by atoms with Crippen molar-refractivity contribution in [3.05, 3.63) is 47.0 Å². The maximum absolute atomic E-state index is 12.4. The molecule has 0 aliphatic rings. The molecule has 0 aliphatic carbocycles. The lowest BCUT2D eigenvalue weighted by atomic mass is 10.1. The summed E-state index contributed by atoms with van der Waals surface area (Å²) >= 11 is 0. The SMILES string of the molecule is CCCCc1c(C)nn(C(=O)c2ccncc2)c1C. The molecule has 0 atom stereocenters. The molecule has 0 spiro atoms. The van der Waals surface area contributed by atoms with E-state index in [9.17, 15) is 4.79 Å². The third-order valence-electron chi connectivity index (χ3n) is 3.34. The van der Waals surface area contributed by atoms with Crippen molar-refractivity contribution in [2.45, 2.75) is 40.0 Å². The van der Waals surface area contributed by atoms with Crippen molar-refractivity contribution in [1.29, 1.82) is 0 Å². The van der Waals surface area contributed by atoms with E-state index in [4.69, 9.17) is 0 Å². The Morgan fingerprint density at radius 2 is 1.95 bits per heavy atom. The molecule has 0 N–H and O–H groups in total. The lowest BCUT2D eigenvalue weighted by Crippen LogP contribution is -2.15. The van der Waals surface area contributed by atoms with Gasteiger partial charge in [-0.15, -0.1) is 0 Å². The smallest absolute Gasteiger partial charge is 0.267 e. The fourth-order valence-corrected chi connectivity index (χ4v) is 2.20. The highest BCUT2D eigenvalue weighted by atomic mass is 16.2. The summed E-state index contributed by atoms with van der Waals surface area (Å²) in [5.41, 5.74) is 3.72. The highest BCUT2D eigenvalue weighted by Gasteiger charge is 2.17. The van der Waals surface area contributed by atoms with Gasteiger partial charge in [0, 0.05) is 23.7 Å². The number of carbonyl (C=O) groups excluding carboxylic acids is 1. The van der Waals surface area contributed by atoms with Gasteiger partial charge < -0.3 is 0 Å². The maximum atomic E-state index is 12.4. The molecule has 0 saturated carbocycles. The van der Waals surface area contributed by atoms with Crippen molar-refractivity contribution < 1.29 is 4.79 Å². The minimum absolute atomic E-state index is 0.0919. The summed E-state index contributed by atoms with van der Waals surface area (Å²) in [5, 5.41) is 4.39. The van der Waals surface area contributed by atoms with Crippen LogP contribution in [0.25, 0.3) is 0 Å². The van der Waals surface area contributed by atoms with Crippen molar-refractivity contribution in [3.8, 4) is 0 Å². The zero-order chi connectivity index (χ0) is 13.8. The van der Waals surface area contributed by atoms with Gasteiger partial charge in [-0.05, 0) is 44.4 Å². The Morgan fingerprint density at radius 3 is 2.58 bits per heavy atom. The third-order valence-corrected chi connectivity index (χ3v) is 3.34. The highest BCUT2D eigenvalue weighted by molar-refractivity contribution is 5.95. The van der Waals surface area contributed by atoms with E-state index < -0.39 is 0 Å². The van der Waals surface area contributed by atoms with Crippen LogP contribution in [-0.4, -0.2) is 20.7 Å². The van der Waals surface area contributed by atoms with Gasteiger partial charge in [-0.1, -0.05) is 13.3 Å². The second-order valence-electron chi connectivity index (χ2n) is 4.71. The van der Waals surface area contributed by atoms with E-state index in [-0.39, 0.29) is 5.91 Å². The molecule has 2 aromatic rings. The number of nitrogens with zero attached hydrogens (tertiary/aromatic N) is 3. The molecule has 19 heavy (non-hydrogen) atoms. The summed E-state index contributed by atoms with van der Waals surface area (Å²) in [6.45, 7) is 6.09. The largest absolute Gasteiger partial charge is 0.278 e. The number of pyridine rings is 1. The molecular weight excluding hydrogens is 238 g/mol. The van der Waals surface area contributed by atoms with Gasteiger partial charge in [0.1, 0.15) is 0 Å². The molecule has 0 aromatic carbocycles. The Morgan fingerprint density at radius 1 is 1.26 bits per heavy atom. The summed E-state index contributed by atoms with van der Waals surface area (Å²) < 4.78 is 1.51. The molecule has 4 nitrogen and oxygen atoms in total. The molecule has 0 saturated heterocycles. The molecule has 0 fully saturated rings. The standard InChI is InChI=1S/C15H19N3O/c1-4-5-6-14-11(2)17-18(12(14)3)15(19)13-7-9-16-10-8-13/h7-10H,4-6H2,1-3H3. The van der Waals surface area contributed by atoms with Crippen LogP contribution in [-0.2, 0) is 6.42 Å². The molecule has 2 heterocycles. The first-order chi connectivity index (χ1) is 9.15. The zero-order valence-corrected chi connectivity index (χ0v) is 11.7. The summed E-state index contributed by atoms with van der Waals surface area (Å²) in [7, 11) is 0. The number of unbranched alkanes of at least 4 members (excludes halogenated alkanes) is 1. The minimum atomic E-state index is -0.0919. The van der Waals surface area contributed by atoms with Crippen LogP contribution in [0.3, 0.4) is 0 Å². The number of carbonyl (C=O) groups is 1. The predicted octanol–water partition coefficient (Wildman–Crippen LogP) is 2.93. The van der Waals surface area contributed by atoms with E-state index in [1.54, 1.807) is 24.5 Å². The van der Waals surface area contributed by atoms with Crippen molar-refractivity contribution in [1.82, 2.24) is 14.8 Å². The normalized spacial score (nSPS) is 10.7. The van der Waals surface area contributed by atoms with E-state index in [2.05, 4.69) is 17.0 Å². The Kier molecular flexibility index (Phi) is 4.10. The average molecular weight is 257 g/mol. The topological polar surface area (TPSA) is 47.8 Å². The summed E-state index contributed by atoms with van der Waals surface area (Å²) in [6.07, 6.45) is 6.49. The van der Waals surface area contributed by atoms with Gasteiger partial charge in [-0.25, -0.2) is 4.68 Å². The second kappa shape index (κ2) is 5.78. The third kappa shape index (κ3) is 2.72. The monoisotopic (exact) mass is 257 g/mol. The van der Waals surface area contributed by atoms with Gasteiger partial charge in [0.15, 0.2) is 0 Å². The van der Waals surface area contributed by atoms with Gasteiger partial charge in [0.25, 0.3) is 5.91 Å². The fourth-order valence-electron chi connectivity index (χ4n) is 2.20. The van der Waals surface area contributed by atoms with Gasteiger partial charge >= 0.3 is 0 Å². The lowest BCUT2D eigenvalue weighted by Gasteiger charge is -2.04. The van der Waals surface area contributed by atoms with Crippen LogP contribution in [0.1, 0.15) is 47.1 Å². The Bertz CT molecular complexity index is 573. The molecule has 2 rings (SSSR count). The molecule has 100 valence electrons. The summed E-state index contributed by atoms with van der Waals surface area (Å²) in [5.74, 6) is -0.0919. The van der Waals surface area contributed by atoms with Gasteiger partial charge in [-0.2, -0.15) is 5.10 Å². The Balaban J connectivity index is 2.33. The highest BCUT2D eigenvalue weighted by Crippen LogP contribution is 2.17. The van der Waals surface area contributed by atoms with Crippen molar-refractivity contribution in [2.75, 3.05) is 0 Å². The second-order valence-corrected chi connectivity index (χ2v) is 4.71. The average Bonchev–Trinajstić information content (AvgIpc) is 2.72. The van der Waals surface area contributed by atoms with Crippen LogP contribution in [0, 0.1) is 13.8 Å². The van der Waals surface area contributed by atoms with Crippen LogP contribution >= 0.6 is 0 Å². The van der Waals surface area contributed by atoms with Crippen LogP contribution in [0.15, 0.2) is 24.5 Å². The first kappa shape index (κ1) is 13.5. The minimum Gasteiger partial charge on any atom is -0.267 e. The van der Waals surface area contributed by atoms with E-state index in [1.165, 1.54) is 10.2 Å². The first-order valence-corrected chi connectivity index (χ1v) is 6.65. The molecule has 2 aromatic heterocycles. The van der Waals surface area contributed by atoms with Crippen LogP contribution in [0.5, 0.6) is 0 Å². The van der Waals surface area contributed by atoms with Gasteiger partial charge in [-0.3, -0.25) is 9.78 Å². The van der Waals surface area contributed by atoms with E-state index in [0.717, 1.165) is 30.7 Å². The quantitative estimate of drug-likeness (QED) is 0.846. The summed E-state index contributed by atoms with van der Waals surface area (Å²) in [6, 6.07) is 3.43. The molecule has 0 amide bonds. The van der Waals surface area contributed by atoms with Gasteiger partial charge in [0.2, 0.25) is 0 Å². The molecule has 0 unspecified atom stereocenters. The number of aryl methyl sites for hydroxylation is 1. The van der Waals surface area contributed by atoms with E-state index in [1.807, 2.05) is 13.8 Å². The molecule has 0 radical (unpaired) electrons. The Labute approximate surface area is 113 Å². The number of rotatable bonds is 4. The first-order valence-electron chi connectivity index (χ1n) is 6.65. The van der Waals surface area contributed by atoms with Crippen LogP contribution < -0.4 is 0 Å². The summed E-state index contributed by atoms with van der Waals surface area (Å²) in [4.78, 5) is 16.3. The van der Waals surface area contributed by atoms with E-state index >= 15 is 0 Å². The van der Waals surface area contributed by atoms with Crippen molar-refractivity contribution in [2.24, 2.45) is 0 Å². The van der Waals surface area contributed by atoms with Crippen LogP contribution in [0.2, 0.25) is 0 Å². The Hall–Kier alpha value is -1.97. The van der Waals surface area contributed by atoms with Crippen molar-refractivity contribution in [3.63, 3.8) is 0 Å². The lowest BCUT2D eigenvalue weighted by molar-refractivity contribution is 0.0942. The molecular formula is C15H19N3O. The number of hydrogen-bond donors (Lipinski definition) is 0. The number of hydrogen-bond acceptors (Lipinski definition) is 3. The van der Waals surface area contributed by atoms with Crippen LogP contribution in [0.4, 0.5) is 0 Å². The van der Waals surface area contributed by atoms with E-state index in [0.29, 0.717) is 5.56 Å².